The number of rotatable bonds is 10. The van der Waals surface area contributed by atoms with E-state index in [1.165, 1.54) is 18.2 Å². The van der Waals surface area contributed by atoms with E-state index >= 15 is 0 Å². The molecule has 0 aliphatic heterocycles. The largest absolute Gasteiger partial charge is 0.484 e. The van der Waals surface area contributed by atoms with Gasteiger partial charge in [-0.15, -0.1) is 16.8 Å². The molecule has 0 spiro atoms. The molecule has 1 heterocycles. The summed E-state index contributed by atoms with van der Waals surface area (Å²) in [5.41, 5.74) is -0.0147. The molecule has 0 aliphatic rings. The Morgan fingerprint density at radius 2 is 2.03 bits per heavy atom. The number of hydrogen-bond acceptors (Lipinski definition) is 7. The van der Waals surface area contributed by atoms with Crippen LogP contribution in [0.25, 0.3) is 0 Å². The predicted molar refractivity (Wildman–Crippen MR) is 123 cm³/mol. The van der Waals surface area contributed by atoms with Crippen molar-refractivity contribution >= 4 is 52.2 Å². The summed E-state index contributed by atoms with van der Waals surface area (Å²) >= 11 is 13.1. The highest BCUT2D eigenvalue weighted by atomic mass is 35.5. The van der Waals surface area contributed by atoms with E-state index in [9.17, 15) is 14.9 Å². The highest BCUT2D eigenvalue weighted by Crippen LogP contribution is 2.28. The second-order valence-electron chi connectivity index (χ2n) is 6.28. The minimum Gasteiger partial charge on any atom is -0.484 e. The zero-order chi connectivity index (χ0) is 23.1. The lowest BCUT2D eigenvalue weighted by atomic mass is 10.3. The number of nitro groups is 1. The molecule has 0 saturated heterocycles. The predicted octanol–water partition coefficient (Wildman–Crippen LogP) is 4.99. The molecular formula is C20H17Cl2N5O4S. The first-order valence-corrected chi connectivity index (χ1v) is 10.9. The molecule has 1 aromatic heterocycles. The molecule has 0 fully saturated rings. The monoisotopic (exact) mass is 493 g/mol. The van der Waals surface area contributed by atoms with E-state index in [1.807, 2.05) is 6.07 Å². The van der Waals surface area contributed by atoms with Crippen molar-refractivity contribution in [2.75, 3.05) is 11.1 Å². The maximum atomic E-state index is 12.3. The molecule has 166 valence electrons. The van der Waals surface area contributed by atoms with E-state index in [1.54, 1.807) is 28.8 Å². The van der Waals surface area contributed by atoms with Crippen molar-refractivity contribution in [2.24, 2.45) is 0 Å². The SMILES string of the molecule is C=CCn1c(COc2ccccc2Cl)nnc1SCC(=O)Nc1ccc(Cl)c([N+](=O)[O-])c1. The Morgan fingerprint density at radius 3 is 2.75 bits per heavy atom. The average molecular weight is 494 g/mol. The van der Waals surface area contributed by atoms with Crippen molar-refractivity contribution in [1.29, 1.82) is 0 Å². The van der Waals surface area contributed by atoms with E-state index in [4.69, 9.17) is 27.9 Å². The second-order valence-corrected chi connectivity index (χ2v) is 8.03. The zero-order valence-corrected chi connectivity index (χ0v) is 18.9. The summed E-state index contributed by atoms with van der Waals surface area (Å²) in [5.74, 6) is 0.708. The summed E-state index contributed by atoms with van der Waals surface area (Å²) in [5, 5.41) is 22.8. The van der Waals surface area contributed by atoms with Crippen molar-refractivity contribution in [1.82, 2.24) is 14.8 Å². The van der Waals surface area contributed by atoms with Crippen LogP contribution >= 0.6 is 35.0 Å². The third-order valence-corrected chi connectivity index (χ3v) is 5.66. The highest BCUT2D eigenvalue weighted by Gasteiger charge is 2.16. The van der Waals surface area contributed by atoms with E-state index in [2.05, 4.69) is 22.1 Å². The van der Waals surface area contributed by atoms with Gasteiger partial charge in [-0.05, 0) is 24.3 Å². The molecule has 1 amide bonds. The van der Waals surface area contributed by atoms with Crippen molar-refractivity contribution in [3.8, 4) is 5.75 Å². The van der Waals surface area contributed by atoms with Gasteiger partial charge in [-0.2, -0.15) is 0 Å². The Kier molecular flexibility index (Phi) is 8.09. The van der Waals surface area contributed by atoms with Gasteiger partial charge < -0.3 is 10.1 Å². The van der Waals surface area contributed by atoms with Gasteiger partial charge >= 0.3 is 0 Å². The van der Waals surface area contributed by atoms with Crippen molar-refractivity contribution < 1.29 is 14.5 Å². The number of ether oxygens (including phenoxy) is 1. The summed E-state index contributed by atoms with van der Waals surface area (Å²) in [6, 6.07) is 11.1. The number of hydrogen-bond donors (Lipinski definition) is 1. The third kappa shape index (κ3) is 6.00. The number of nitrogens with one attached hydrogen (secondary N) is 1. The van der Waals surface area contributed by atoms with E-state index < -0.39 is 4.92 Å². The Morgan fingerprint density at radius 1 is 1.25 bits per heavy atom. The first kappa shape index (κ1) is 23.6. The Labute approximate surface area is 197 Å². The van der Waals surface area contributed by atoms with Gasteiger partial charge in [0.2, 0.25) is 5.91 Å². The molecule has 0 saturated carbocycles. The first-order valence-electron chi connectivity index (χ1n) is 9.16. The lowest BCUT2D eigenvalue weighted by Crippen LogP contribution is -2.15. The van der Waals surface area contributed by atoms with Crippen molar-refractivity contribution in [2.45, 2.75) is 18.3 Å². The number of allylic oxidation sites excluding steroid dienone is 1. The number of halogens is 2. The smallest absolute Gasteiger partial charge is 0.289 e. The van der Waals surface area contributed by atoms with Gasteiger partial charge in [0, 0.05) is 18.3 Å². The van der Waals surface area contributed by atoms with Crippen LogP contribution in [0.5, 0.6) is 5.75 Å². The van der Waals surface area contributed by atoms with Gasteiger partial charge in [0.1, 0.15) is 17.4 Å². The second kappa shape index (κ2) is 11.0. The van der Waals surface area contributed by atoms with Crippen LogP contribution < -0.4 is 10.1 Å². The molecule has 0 atom stereocenters. The van der Waals surface area contributed by atoms with Crippen LogP contribution in [0.1, 0.15) is 5.82 Å². The number of nitro benzene ring substituents is 1. The summed E-state index contributed by atoms with van der Waals surface area (Å²) < 4.78 is 7.50. The maximum Gasteiger partial charge on any atom is 0.289 e. The first-order chi connectivity index (χ1) is 15.4. The summed E-state index contributed by atoms with van der Waals surface area (Å²) in [7, 11) is 0. The number of thioether (sulfide) groups is 1. The topological polar surface area (TPSA) is 112 Å². The summed E-state index contributed by atoms with van der Waals surface area (Å²) in [4.78, 5) is 22.7. The molecule has 0 unspecified atom stereocenters. The number of benzene rings is 2. The molecule has 12 heteroatoms. The Hall–Kier alpha value is -3.08. The van der Waals surface area contributed by atoms with E-state index in [0.29, 0.717) is 28.3 Å². The number of anilines is 1. The van der Waals surface area contributed by atoms with Crippen LogP contribution in [0.3, 0.4) is 0 Å². The van der Waals surface area contributed by atoms with Crippen LogP contribution in [0, 0.1) is 10.1 Å². The highest BCUT2D eigenvalue weighted by molar-refractivity contribution is 7.99. The van der Waals surface area contributed by atoms with Crippen LogP contribution in [-0.2, 0) is 17.9 Å². The van der Waals surface area contributed by atoms with E-state index in [0.717, 1.165) is 11.8 Å². The average Bonchev–Trinajstić information content (AvgIpc) is 3.14. The van der Waals surface area contributed by atoms with Crippen molar-refractivity contribution in [3.05, 3.63) is 81.1 Å². The molecule has 3 rings (SSSR count). The fraction of sp³-hybridized carbons (Fsp3) is 0.150. The quantitative estimate of drug-likeness (QED) is 0.183. The Balaban J connectivity index is 1.64. The summed E-state index contributed by atoms with van der Waals surface area (Å²) in [6.45, 7) is 4.29. The zero-order valence-electron chi connectivity index (χ0n) is 16.5. The standard InChI is InChI=1S/C20H17Cl2N5O4S/c1-2-9-26-18(11-31-17-6-4-3-5-15(17)22)24-25-20(26)32-12-19(28)23-13-7-8-14(21)16(10-13)27(29)30/h2-8,10H,1,9,11-12H2,(H,23,28). The number of amides is 1. The molecule has 0 bridgehead atoms. The third-order valence-electron chi connectivity index (χ3n) is 4.06. The van der Waals surface area contributed by atoms with Gasteiger partial charge in [-0.25, -0.2) is 0 Å². The van der Waals surface area contributed by atoms with Crippen molar-refractivity contribution in [3.63, 3.8) is 0 Å². The van der Waals surface area contributed by atoms with Gasteiger partial charge in [-0.1, -0.05) is 53.2 Å². The minimum atomic E-state index is -0.614. The van der Waals surface area contributed by atoms with Crippen LogP contribution in [0.15, 0.2) is 60.3 Å². The van der Waals surface area contributed by atoms with Gasteiger partial charge in [0.25, 0.3) is 5.69 Å². The van der Waals surface area contributed by atoms with Gasteiger partial charge in [0.15, 0.2) is 11.0 Å². The number of para-hydroxylation sites is 1. The lowest BCUT2D eigenvalue weighted by molar-refractivity contribution is -0.384. The lowest BCUT2D eigenvalue weighted by Gasteiger charge is -2.10. The fourth-order valence-electron chi connectivity index (χ4n) is 2.61. The van der Waals surface area contributed by atoms with Gasteiger partial charge in [0.05, 0.1) is 15.7 Å². The molecule has 0 radical (unpaired) electrons. The maximum absolute atomic E-state index is 12.3. The molecular weight excluding hydrogens is 477 g/mol. The molecule has 32 heavy (non-hydrogen) atoms. The number of carbonyl (C=O) groups is 1. The minimum absolute atomic E-state index is 0.00793. The van der Waals surface area contributed by atoms with Crippen LogP contribution in [0.4, 0.5) is 11.4 Å². The Bertz CT molecular complexity index is 1150. The number of carbonyl (C=O) groups excluding carboxylic acids is 1. The molecule has 3 aromatic rings. The molecule has 2 aromatic carbocycles. The fourth-order valence-corrected chi connectivity index (χ4v) is 3.75. The van der Waals surface area contributed by atoms with Gasteiger partial charge in [-0.3, -0.25) is 19.5 Å². The molecule has 9 nitrogen and oxygen atoms in total. The normalized spacial score (nSPS) is 10.6. The van der Waals surface area contributed by atoms with Crippen LogP contribution in [-0.4, -0.2) is 31.3 Å². The summed E-state index contributed by atoms with van der Waals surface area (Å²) in [6.07, 6.45) is 1.68. The van der Waals surface area contributed by atoms with Crippen LogP contribution in [0.2, 0.25) is 10.0 Å². The number of nitrogens with zero attached hydrogens (tertiary/aromatic N) is 4. The molecule has 0 aliphatic carbocycles. The number of aromatic nitrogens is 3. The molecule has 1 N–H and O–H groups in total. The van der Waals surface area contributed by atoms with E-state index in [-0.39, 0.29) is 34.7 Å².